The van der Waals surface area contributed by atoms with Gasteiger partial charge in [-0.15, -0.1) is 0 Å². The number of halogens is 3. The molecule has 0 spiro atoms. The van der Waals surface area contributed by atoms with Gasteiger partial charge in [-0.3, -0.25) is 4.79 Å². The molecular weight excluding hydrogens is 319 g/mol. The highest BCUT2D eigenvalue weighted by molar-refractivity contribution is 9.08. The first-order valence-electron chi connectivity index (χ1n) is 5.26. The van der Waals surface area contributed by atoms with Crippen LogP contribution in [-0.2, 0) is 5.33 Å². The lowest BCUT2D eigenvalue weighted by Gasteiger charge is -2.09. The molecule has 2 aromatic carbocycles. The zero-order valence-electron chi connectivity index (χ0n) is 9.29. The minimum atomic E-state index is -0.359. The van der Waals surface area contributed by atoms with Gasteiger partial charge < -0.3 is 0 Å². The van der Waals surface area contributed by atoms with Crippen LogP contribution in [0.15, 0.2) is 36.4 Å². The molecule has 4 heteroatoms. The van der Waals surface area contributed by atoms with E-state index in [4.69, 9.17) is 11.6 Å². The third-order valence-corrected chi connectivity index (χ3v) is 3.55. The van der Waals surface area contributed by atoms with Crippen molar-refractivity contribution in [2.24, 2.45) is 0 Å². The highest BCUT2D eigenvalue weighted by Gasteiger charge is 2.13. The van der Waals surface area contributed by atoms with Crippen molar-refractivity contribution < 1.29 is 9.18 Å². The van der Waals surface area contributed by atoms with Crippen molar-refractivity contribution in [3.8, 4) is 11.1 Å². The Hall–Kier alpha value is -1.19. The second-order valence-electron chi connectivity index (χ2n) is 3.77. The maximum atomic E-state index is 14.3. The van der Waals surface area contributed by atoms with E-state index in [0.717, 1.165) is 6.29 Å². The summed E-state index contributed by atoms with van der Waals surface area (Å²) in [6, 6.07) is 10.0. The molecule has 0 heterocycles. The molecule has 92 valence electrons. The van der Waals surface area contributed by atoms with Gasteiger partial charge in [0, 0.05) is 16.5 Å². The largest absolute Gasteiger partial charge is 0.298 e. The Labute approximate surface area is 118 Å². The summed E-state index contributed by atoms with van der Waals surface area (Å²) in [7, 11) is 0. The summed E-state index contributed by atoms with van der Waals surface area (Å²) in [6.45, 7) is 0. The zero-order valence-corrected chi connectivity index (χ0v) is 11.6. The van der Waals surface area contributed by atoms with Gasteiger partial charge in [-0.05, 0) is 23.3 Å². The highest BCUT2D eigenvalue weighted by Crippen LogP contribution is 2.33. The Morgan fingerprint density at radius 3 is 2.72 bits per heavy atom. The lowest BCUT2D eigenvalue weighted by atomic mass is 10.0. The number of carbonyl (C=O) groups excluding carboxylic acids is 1. The third kappa shape index (κ3) is 2.47. The fraction of sp³-hybridized carbons (Fsp3) is 0.0714. The molecule has 0 atom stereocenters. The highest BCUT2D eigenvalue weighted by atomic mass is 79.9. The fourth-order valence-corrected chi connectivity index (χ4v) is 2.42. The number of hydrogen-bond donors (Lipinski definition) is 0. The van der Waals surface area contributed by atoms with Crippen LogP contribution in [-0.4, -0.2) is 6.29 Å². The summed E-state index contributed by atoms with van der Waals surface area (Å²) in [5.41, 5.74) is 1.96. The van der Waals surface area contributed by atoms with Crippen LogP contribution >= 0.6 is 27.5 Å². The van der Waals surface area contributed by atoms with Crippen molar-refractivity contribution in [1.29, 1.82) is 0 Å². The van der Waals surface area contributed by atoms with Gasteiger partial charge in [0.25, 0.3) is 0 Å². The van der Waals surface area contributed by atoms with Crippen molar-refractivity contribution in [3.05, 3.63) is 58.4 Å². The predicted octanol–water partition coefficient (Wildman–Crippen LogP) is 4.85. The van der Waals surface area contributed by atoms with E-state index in [2.05, 4.69) is 15.9 Å². The summed E-state index contributed by atoms with van der Waals surface area (Å²) in [5, 5.41) is 0.747. The summed E-state index contributed by atoms with van der Waals surface area (Å²) in [6.07, 6.45) is 0.726. The van der Waals surface area contributed by atoms with E-state index in [0.29, 0.717) is 32.6 Å². The van der Waals surface area contributed by atoms with Crippen LogP contribution in [0.5, 0.6) is 0 Å². The lowest BCUT2D eigenvalue weighted by molar-refractivity contribution is 0.112. The Balaban J connectivity index is 2.65. The second kappa shape index (κ2) is 5.63. The molecule has 0 N–H and O–H groups in total. The Morgan fingerprint density at radius 1 is 1.28 bits per heavy atom. The van der Waals surface area contributed by atoms with E-state index in [1.165, 1.54) is 0 Å². The van der Waals surface area contributed by atoms with E-state index in [9.17, 15) is 9.18 Å². The van der Waals surface area contributed by atoms with Gasteiger partial charge in [0.1, 0.15) is 12.1 Å². The van der Waals surface area contributed by atoms with E-state index in [1.807, 2.05) is 0 Å². The van der Waals surface area contributed by atoms with Gasteiger partial charge in [-0.25, -0.2) is 4.39 Å². The number of rotatable bonds is 3. The Bertz CT molecular complexity index is 598. The molecule has 0 amide bonds. The molecule has 18 heavy (non-hydrogen) atoms. The maximum Gasteiger partial charge on any atom is 0.150 e. The van der Waals surface area contributed by atoms with Crippen molar-refractivity contribution in [1.82, 2.24) is 0 Å². The number of aldehydes is 1. The van der Waals surface area contributed by atoms with Gasteiger partial charge in [-0.2, -0.15) is 0 Å². The van der Waals surface area contributed by atoms with Crippen molar-refractivity contribution >= 4 is 33.8 Å². The zero-order chi connectivity index (χ0) is 13.1. The molecule has 0 aliphatic rings. The first kappa shape index (κ1) is 13.2. The standard InChI is InChI=1S/C14H9BrClFO/c15-7-11-4-5-12(16)13(14(11)17)10-3-1-2-9(6-10)8-18/h1-6,8H,7H2. The summed E-state index contributed by atoms with van der Waals surface area (Å²) in [5.74, 6) is -0.359. The van der Waals surface area contributed by atoms with Crippen molar-refractivity contribution in [3.63, 3.8) is 0 Å². The van der Waals surface area contributed by atoms with Crippen LogP contribution in [0.1, 0.15) is 15.9 Å². The Kier molecular flexibility index (Phi) is 4.15. The first-order valence-corrected chi connectivity index (χ1v) is 6.75. The molecule has 0 aliphatic heterocycles. The predicted molar refractivity (Wildman–Crippen MR) is 74.9 cm³/mol. The lowest BCUT2D eigenvalue weighted by Crippen LogP contribution is -1.93. The molecule has 0 aromatic heterocycles. The van der Waals surface area contributed by atoms with Crippen LogP contribution in [0.25, 0.3) is 11.1 Å². The summed E-state index contributed by atoms with van der Waals surface area (Å²) in [4.78, 5) is 10.7. The smallest absolute Gasteiger partial charge is 0.150 e. The first-order chi connectivity index (χ1) is 8.67. The number of hydrogen-bond acceptors (Lipinski definition) is 1. The molecule has 1 nitrogen and oxygen atoms in total. The number of benzene rings is 2. The molecular formula is C14H9BrClFO. The van der Waals surface area contributed by atoms with Crippen LogP contribution in [0.4, 0.5) is 4.39 Å². The summed E-state index contributed by atoms with van der Waals surface area (Å²) < 4.78 is 14.3. The maximum absolute atomic E-state index is 14.3. The van der Waals surface area contributed by atoms with Gasteiger partial charge in [0.15, 0.2) is 0 Å². The molecule has 0 radical (unpaired) electrons. The quantitative estimate of drug-likeness (QED) is 0.581. The molecule has 0 saturated carbocycles. The van der Waals surface area contributed by atoms with Gasteiger partial charge in [0.05, 0.1) is 5.02 Å². The average molecular weight is 328 g/mol. The van der Waals surface area contributed by atoms with Gasteiger partial charge >= 0.3 is 0 Å². The second-order valence-corrected chi connectivity index (χ2v) is 4.74. The van der Waals surface area contributed by atoms with E-state index in [-0.39, 0.29) is 5.82 Å². The molecule has 0 aliphatic carbocycles. The number of alkyl halides is 1. The minimum Gasteiger partial charge on any atom is -0.298 e. The van der Waals surface area contributed by atoms with Gasteiger partial charge in [-0.1, -0.05) is 51.8 Å². The Morgan fingerprint density at radius 2 is 2.06 bits per heavy atom. The SMILES string of the molecule is O=Cc1cccc(-c2c(Cl)ccc(CBr)c2F)c1. The topological polar surface area (TPSA) is 17.1 Å². The fourth-order valence-electron chi connectivity index (χ4n) is 1.73. The van der Waals surface area contributed by atoms with Gasteiger partial charge in [0.2, 0.25) is 0 Å². The minimum absolute atomic E-state index is 0.331. The van der Waals surface area contributed by atoms with E-state index < -0.39 is 0 Å². The van der Waals surface area contributed by atoms with E-state index >= 15 is 0 Å². The van der Waals surface area contributed by atoms with Crippen LogP contribution in [0.3, 0.4) is 0 Å². The molecule has 2 rings (SSSR count). The third-order valence-electron chi connectivity index (χ3n) is 2.63. The van der Waals surface area contributed by atoms with E-state index in [1.54, 1.807) is 36.4 Å². The molecule has 0 saturated heterocycles. The van der Waals surface area contributed by atoms with Crippen LogP contribution in [0.2, 0.25) is 5.02 Å². The number of carbonyl (C=O) groups is 1. The van der Waals surface area contributed by atoms with Crippen molar-refractivity contribution in [2.75, 3.05) is 0 Å². The van der Waals surface area contributed by atoms with Crippen LogP contribution in [0, 0.1) is 5.82 Å². The molecule has 0 unspecified atom stereocenters. The molecule has 0 bridgehead atoms. The van der Waals surface area contributed by atoms with Crippen LogP contribution < -0.4 is 0 Å². The monoisotopic (exact) mass is 326 g/mol. The molecule has 2 aromatic rings. The normalized spacial score (nSPS) is 10.4. The molecule has 0 fully saturated rings. The summed E-state index contributed by atoms with van der Waals surface area (Å²) >= 11 is 9.27. The van der Waals surface area contributed by atoms with Crippen molar-refractivity contribution in [2.45, 2.75) is 5.33 Å². The average Bonchev–Trinajstić information content (AvgIpc) is 2.39.